The van der Waals surface area contributed by atoms with E-state index in [-0.39, 0.29) is 11.9 Å². The second-order valence-corrected chi connectivity index (χ2v) is 5.92. The average Bonchev–Trinajstić information content (AvgIpc) is 2.29. The fourth-order valence-corrected chi connectivity index (χ4v) is 2.16. The number of halogens is 2. The standard InChI is InChI=1S/C13H18BrClN2O/c1-8(2)7-16-13(18)9(3)17-12-5-4-10(15)6-11(12)14/h4-6,8-9,17H,7H2,1-3H3,(H,16,18). The molecule has 3 nitrogen and oxygen atoms in total. The second-order valence-electron chi connectivity index (χ2n) is 4.63. The second kappa shape index (κ2) is 7.00. The van der Waals surface area contributed by atoms with Crippen LogP contribution in [-0.4, -0.2) is 18.5 Å². The van der Waals surface area contributed by atoms with Crippen molar-refractivity contribution in [2.75, 3.05) is 11.9 Å². The molecule has 1 amide bonds. The van der Waals surface area contributed by atoms with Gasteiger partial charge in [-0.2, -0.15) is 0 Å². The quantitative estimate of drug-likeness (QED) is 0.863. The van der Waals surface area contributed by atoms with Gasteiger partial charge in [0.05, 0.1) is 0 Å². The monoisotopic (exact) mass is 332 g/mol. The molecule has 5 heteroatoms. The normalized spacial score (nSPS) is 12.3. The number of hydrogen-bond donors (Lipinski definition) is 2. The largest absolute Gasteiger partial charge is 0.373 e. The molecule has 100 valence electrons. The van der Waals surface area contributed by atoms with E-state index in [0.717, 1.165) is 10.2 Å². The molecule has 0 heterocycles. The number of carbonyl (C=O) groups excluding carboxylic acids is 1. The lowest BCUT2D eigenvalue weighted by molar-refractivity contribution is -0.121. The molecule has 0 saturated carbocycles. The molecular formula is C13H18BrClN2O. The predicted octanol–water partition coefficient (Wildman–Crippen LogP) is 3.68. The number of benzene rings is 1. The van der Waals surface area contributed by atoms with Crippen LogP contribution < -0.4 is 10.6 Å². The van der Waals surface area contributed by atoms with Gasteiger partial charge in [-0.3, -0.25) is 4.79 Å². The van der Waals surface area contributed by atoms with Crippen LogP contribution >= 0.6 is 27.5 Å². The number of rotatable bonds is 5. The van der Waals surface area contributed by atoms with Crippen LogP contribution in [0.5, 0.6) is 0 Å². The first-order chi connectivity index (χ1) is 8.40. The molecule has 1 unspecified atom stereocenters. The van der Waals surface area contributed by atoms with Gasteiger partial charge >= 0.3 is 0 Å². The van der Waals surface area contributed by atoms with E-state index in [4.69, 9.17) is 11.6 Å². The Hall–Kier alpha value is -0.740. The van der Waals surface area contributed by atoms with Crippen LogP contribution in [0.3, 0.4) is 0 Å². The molecule has 0 aromatic heterocycles. The average molecular weight is 334 g/mol. The summed E-state index contributed by atoms with van der Waals surface area (Å²) < 4.78 is 0.846. The van der Waals surface area contributed by atoms with Crippen LogP contribution in [0.15, 0.2) is 22.7 Å². The van der Waals surface area contributed by atoms with E-state index in [9.17, 15) is 4.79 Å². The zero-order chi connectivity index (χ0) is 13.7. The Bertz CT molecular complexity index is 423. The van der Waals surface area contributed by atoms with Crippen molar-refractivity contribution in [3.63, 3.8) is 0 Å². The van der Waals surface area contributed by atoms with Gasteiger partial charge in [-0.1, -0.05) is 25.4 Å². The van der Waals surface area contributed by atoms with Crippen LogP contribution in [-0.2, 0) is 4.79 Å². The highest BCUT2D eigenvalue weighted by Crippen LogP contribution is 2.26. The molecule has 0 bridgehead atoms. The molecule has 0 aliphatic rings. The highest BCUT2D eigenvalue weighted by Gasteiger charge is 2.13. The lowest BCUT2D eigenvalue weighted by Crippen LogP contribution is -2.39. The molecule has 1 atom stereocenters. The van der Waals surface area contributed by atoms with E-state index in [0.29, 0.717) is 17.5 Å². The highest BCUT2D eigenvalue weighted by molar-refractivity contribution is 9.10. The van der Waals surface area contributed by atoms with Crippen molar-refractivity contribution < 1.29 is 4.79 Å². The van der Waals surface area contributed by atoms with Crippen molar-refractivity contribution >= 4 is 39.1 Å². The van der Waals surface area contributed by atoms with Crippen LogP contribution in [0.1, 0.15) is 20.8 Å². The van der Waals surface area contributed by atoms with Gasteiger partial charge in [0.15, 0.2) is 0 Å². The minimum absolute atomic E-state index is 0.00875. The molecule has 1 rings (SSSR count). The van der Waals surface area contributed by atoms with Crippen molar-refractivity contribution in [3.05, 3.63) is 27.7 Å². The van der Waals surface area contributed by atoms with Crippen LogP contribution in [0, 0.1) is 5.92 Å². The number of hydrogen-bond acceptors (Lipinski definition) is 2. The fraction of sp³-hybridized carbons (Fsp3) is 0.462. The van der Waals surface area contributed by atoms with Crippen LogP contribution in [0.4, 0.5) is 5.69 Å². The topological polar surface area (TPSA) is 41.1 Å². The lowest BCUT2D eigenvalue weighted by Gasteiger charge is -2.17. The molecule has 1 aromatic carbocycles. The maximum absolute atomic E-state index is 11.8. The molecule has 1 aromatic rings. The molecule has 0 aliphatic carbocycles. The van der Waals surface area contributed by atoms with Gasteiger partial charge < -0.3 is 10.6 Å². The molecule has 0 saturated heterocycles. The highest BCUT2D eigenvalue weighted by atomic mass is 79.9. The van der Waals surface area contributed by atoms with Gasteiger partial charge in [0, 0.05) is 21.7 Å². The van der Waals surface area contributed by atoms with E-state index in [1.165, 1.54) is 0 Å². The summed E-state index contributed by atoms with van der Waals surface area (Å²) in [7, 11) is 0. The minimum Gasteiger partial charge on any atom is -0.373 e. The van der Waals surface area contributed by atoms with E-state index in [1.54, 1.807) is 12.1 Å². The third kappa shape index (κ3) is 4.86. The number of amides is 1. The Balaban J connectivity index is 2.58. The van der Waals surface area contributed by atoms with Gasteiger partial charge in [-0.05, 0) is 47.0 Å². The third-order valence-electron chi connectivity index (χ3n) is 2.38. The van der Waals surface area contributed by atoms with E-state index in [1.807, 2.05) is 13.0 Å². The predicted molar refractivity (Wildman–Crippen MR) is 80.1 cm³/mol. The van der Waals surface area contributed by atoms with Crippen molar-refractivity contribution in [1.82, 2.24) is 5.32 Å². The Morgan fingerprint density at radius 1 is 1.39 bits per heavy atom. The zero-order valence-corrected chi connectivity index (χ0v) is 13.1. The summed E-state index contributed by atoms with van der Waals surface area (Å²) in [4.78, 5) is 11.8. The van der Waals surface area contributed by atoms with Crippen molar-refractivity contribution in [2.45, 2.75) is 26.8 Å². The summed E-state index contributed by atoms with van der Waals surface area (Å²) in [5, 5.41) is 6.69. The lowest BCUT2D eigenvalue weighted by atomic mass is 10.2. The summed E-state index contributed by atoms with van der Waals surface area (Å²) >= 11 is 9.27. The molecule has 18 heavy (non-hydrogen) atoms. The molecule has 0 fully saturated rings. The molecule has 2 N–H and O–H groups in total. The summed E-state index contributed by atoms with van der Waals surface area (Å²) in [6, 6.07) is 5.13. The SMILES string of the molecule is CC(C)CNC(=O)C(C)Nc1ccc(Cl)cc1Br. The van der Waals surface area contributed by atoms with E-state index < -0.39 is 0 Å². The first-order valence-corrected chi connectivity index (χ1v) is 7.06. The van der Waals surface area contributed by atoms with Crippen LogP contribution in [0.2, 0.25) is 5.02 Å². The number of nitrogens with one attached hydrogen (secondary N) is 2. The van der Waals surface area contributed by atoms with Gasteiger partial charge in [0.1, 0.15) is 6.04 Å². The van der Waals surface area contributed by atoms with Crippen molar-refractivity contribution in [3.8, 4) is 0 Å². The Morgan fingerprint density at radius 2 is 2.06 bits per heavy atom. The fourth-order valence-electron chi connectivity index (χ4n) is 1.36. The maximum Gasteiger partial charge on any atom is 0.242 e. The van der Waals surface area contributed by atoms with E-state index >= 15 is 0 Å². The van der Waals surface area contributed by atoms with Gasteiger partial charge in [-0.25, -0.2) is 0 Å². The summed E-state index contributed by atoms with van der Waals surface area (Å²) in [6.45, 7) is 6.64. The summed E-state index contributed by atoms with van der Waals surface area (Å²) in [5.74, 6) is 0.439. The molecule has 0 aliphatic heterocycles. The Labute approximate surface area is 121 Å². The first-order valence-electron chi connectivity index (χ1n) is 5.89. The summed E-state index contributed by atoms with van der Waals surface area (Å²) in [5.41, 5.74) is 0.853. The number of anilines is 1. The van der Waals surface area contributed by atoms with Crippen molar-refractivity contribution in [2.24, 2.45) is 5.92 Å². The molecule has 0 radical (unpaired) electrons. The maximum atomic E-state index is 11.8. The Morgan fingerprint density at radius 3 is 2.61 bits per heavy atom. The molecule has 0 spiro atoms. The first kappa shape index (κ1) is 15.3. The Kier molecular flexibility index (Phi) is 5.96. The third-order valence-corrected chi connectivity index (χ3v) is 3.27. The van der Waals surface area contributed by atoms with Gasteiger partial charge in [0.25, 0.3) is 0 Å². The minimum atomic E-state index is -0.291. The van der Waals surface area contributed by atoms with Gasteiger partial charge in [-0.15, -0.1) is 0 Å². The van der Waals surface area contributed by atoms with E-state index in [2.05, 4.69) is 40.4 Å². The van der Waals surface area contributed by atoms with Crippen LogP contribution in [0.25, 0.3) is 0 Å². The number of carbonyl (C=O) groups is 1. The summed E-state index contributed by atoms with van der Waals surface area (Å²) in [6.07, 6.45) is 0. The van der Waals surface area contributed by atoms with Gasteiger partial charge in [0.2, 0.25) is 5.91 Å². The molecular weight excluding hydrogens is 316 g/mol. The zero-order valence-electron chi connectivity index (χ0n) is 10.8. The van der Waals surface area contributed by atoms with Crippen molar-refractivity contribution in [1.29, 1.82) is 0 Å². The smallest absolute Gasteiger partial charge is 0.242 e.